The van der Waals surface area contributed by atoms with E-state index in [0.717, 1.165) is 11.1 Å². The van der Waals surface area contributed by atoms with Crippen molar-refractivity contribution in [3.63, 3.8) is 0 Å². The van der Waals surface area contributed by atoms with Crippen LogP contribution in [0.5, 0.6) is 0 Å². The molecule has 0 spiro atoms. The maximum Gasteiger partial charge on any atom is 0.329 e. The molecular weight excluding hydrogens is 240 g/mol. The van der Waals surface area contributed by atoms with Gasteiger partial charge in [-0.1, -0.05) is 0 Å². The minimum atomic E-state index is -0.697. The van der Waals surface area contributed by atoms with E-state index in [9.17, 15) is 10.1 Å². The number of anilines is 2. The van der Waals surface area contributed by atoms with Gasteiger partial charge in [0.2, 0.25) is 11.8 Å². The van der Waals surface area contributed by atoms with Crippen LogP contribution in [-0.2, 0) is 0 Å². The van der Waals surface area contributed by atoms with Crippen molar-refractivity contribution in [2.24, 2.45) is 5.84 Å². The average molecular weight is 248 g/mol. The minimum absolute atomic E-state index is 0.0449. The van der Waals surface area contributed by atoms with Crippen LogP contribution in [0.15, 0.2) is 6.20 Å². The predicted molar refractivity (Wildman–Crippen MR) is 59.9 cm³/mol. The van der Waals surface area contributed by atoms with Gasteiger partial charge in [0.25, 0.3) is 0 Å². The second kappa shape index (κ2) is 5.93. The fraction of sp³-hybridized carbons (Fsp3) is 0.250. The van der Waals surface area contributed by atoms with Gasteiger partial charge in [0.05, 0.1) is 17.1 Å². The highest BCUT2D eigenvalue weighted by molar-refractivity contribution is 5.59. The van der Waals surface area contributed by atoms with Gasteiger partial charge in [-0.05, 0) is 0 Å². The van der Waals surface area contributed by atoms with Gasteiger partial charge in [-0.25, -0.2) is 10.8 Å². The molecule has 18 heavy (non-hydrogen) atoms. The smallest absolute Gasteiger partial charge is 0.324 e. The summed E-state index contributed by atoms with van der Waals surface area (Å²) in [4.78, 5) is 18.7. The van der Waals surface area contributed by atoms with Crippen molar-refractivity contribution >= 4 is 17.5 Å². The zero-order valence-corrected chi connectivity index (χ0v) is 9.07. The molecule has 0 radical (unpaired) electrons. The van der Waals surface area contributed by atoms with Crippen molar-refractivity contribution in [3.05, 3.63) is 16.3 Å². The molecule has 92 valence electrons. The van der Waals surface area contributed by atoms with Gasteiger partial charge in [-0.3, -0.25) is 15.5 Å². The topological polar surface area (TPSA) is 158 Å². The van der Waals surface area contributed by atoms with Crippen molar-refractivity contribution in [1.82, 2.24) is 9.97 Å². The Hall–Kier alpha value is -2.98. The van der Waals surface area contributed by atoms with E-state index in [1.807, 2.05) is 0 Å². The summed E-state index contributed by atoms with van der Waals surface area (Å²) in [5.74, 6) is 4.92. The first-order valence-corrected chi connectivity index (χ1v) is 4.61. The van der Waals surface area contributed by atoms with Crippen molar-refractivity contribution in [3.8, 4) is 12.1 Å². The molecule has 10 nitrogen and oxygen atoms in total. The summed E-state index contributed by atoms with van der Waals surface area (Å²) in [6, 6.07) is 3.59. The summed E-state index contributed by atoms with van der Waals surface area (Å²) >= 11 is 0. The highest BCUT2D eigenvalue weighted by Crippen LogP contribution is 2.25. The Bertz CT molecular complexity index is 515. The van der Waals surface area contributed by atoms with Crippen LogP contribution in [0.25, 0.3) is 0 Å². The fourth-order valence-electron chi connectivity index (χ4n) is 1.17. The van der Waals surface area contributed by atoms with E-state index < -0.39 is 10.6 Å². The molecule has 1 aromatic rings. The van der Waals surface area contributed by atoms with Gasteiger partial charge < -0.3 is 4.90 Å². The van der Waals surface area contributed by atoms with Crippen LogP contribution in [0.2, 0.25) is 0 Å². The molecule has 0 bridgehead atoms. The molecule has 0 aliphatic rings. The van der Waals surface area contributed by atoms with Crippen LogP contribution in [0, 0.1) is 32.8 Å². The maximum absolute atomic E-state index is 10.8. The second-order valence-electron chi connectivity index (χ2n) is 2.98. The summed E-state index contributed by atoms with van der Waals surface area (Å²) in [6.45, 7) is -0.426. The lowest BCUT2D eigenvalue weighted by Gasteiger charge is -2.16. The number of nitrogen functional groups attached to an aromatic ring is 1. The lowest BCUT2D eigenvalue weighted by molar-refractivity contribution is -0.384. The Morgan fingerprint density at radius 1 is 1.50 bits per heavy atom. The van der Waals surface area contributed by atoms with Gasteiger partial charge in [0.1, 0.15) is 19.3 Å². The number of hydrogen-bond acceptors (Lipinski definition) is 9. The molecule has 0 fully saturated rings. The first-order valence-electron chi connectivity index (χ1n) is 4.61. The molecule has 10 heteroatoms. The van der Waals surface area contributed by atoms with Crippen LogP contribution in [0.4, 0.5) is 17.5 Å². The quantitative estimate of drug-likeness (QED) is 0.303. The molecule has 0 atom stereocenters. The molecule has 0 aromatic carbocycles. The number of nitro groups is 1. The van der Waals surface area contributed by atoms with Crippen LogP contribution in [0.3, 0.4) is 0 Å². The van der Waals surface area contributed by atoms with Crippen LogP contribution in [0.1, 0.15) is 0 Å². The fourth-order valence-corrected chi connectivity index (χ4v) is 1.17. The normalized spacial score (nSPS) is 9.06. The first kappa shape index (κ1) is 13.1. The van der Waals surface area contributed by atoms with Crippen molar-refractivity contribution in [2.75, 3.05) is 23.4 Å². The summed E-state index contributed by atoms with van der Waals surface area (Å²) in [5, 5.41) is 28.1. The Kier molecular flexibility index (Phi) is 4.31. The molecule has 3 N–H and O–H groups in total. The predicted octanol–water partition coefficient (Wildman–Crippen LogP) is -0.476. The lowest BCUT2D eigenvalue weighted by atomic mass is 10.4. The highest BCUT2D eigenvalue weighted by atomic mass is 16.6. The third-order valence-corrected chi connectivity index (χ3v) is 1.90. The summed E-state index contributed by atoms with van der Waals surface area (Å²) < 4.78 is 0. The van der Waals surface area contributed by atoms with Gasteiger partial charge in [-0.2, -0.15) is 15.5 Å². The first-order chi connectivity index (χ1) is 8.63. The summed E-state index contributed by atoms with van der Waals surface area (Å²) in [5.41, 5.74) is 1.73. The van der Waals surface area contributed by atoms with E-state index in [2.05, 4.69) is 15.4 Å². The summed E-state index contributed by atoms with van der Waals surface area (Å²) in [7, 11) is 0. The largest absolute Gasteiger partial charge is 0.329 e. The minimum Gasteiger partial charge on any atom is -0.324 e. The number of nitrogens with zero attached hydrogens (tertiary/aromatic N) is 6. The Balaban J connectivity index is 3.28. The van der Waals surface area contributed by atoms with Gasteiger partial charge >= 0.3 is 5.69 Å². The standard InChI is InChI=1S/C8H8N8O2/c9-1-3-15(4-2-10)7-6(16(17)18)5-12-8(13-7)14-11/h5H,3-4,11H2,(H,12,13,14). The molecule has 1 rings (SSSR count). The van der Waals surface area contributed by atoms with Gasteiger partial charge in [-0.15, -0.1) is 0 Å². The number of rotatable bonds is 5. The average Bonchev–Trinajstić information content (AvgIpc) is 2.37. The second-order valence-corrected chi connectivity index (χ2v) is 2.98. The number of aromatic nitrogens is 2. The molecule has 0 saturated heterocycles. The van der Waals surface area contributed by atoms with E-state index in [-0.39, 0.29) is 24.9 Å². The van der Waals surface area contributed by atoms with Crippen molar-refractivity contribution in [1.29, 1.82) is 10.5 Å². The lowest BCUT2D eigenvalue weighted by Crippen LogP contribution is -2.26. The maximum atomic E-state index is 10.8. The molecule has 0 saturated carbocycles. The molecule has 1 aromatic heterocycles. The van der Waals surface area contributed by atoms with Crippen molar-refractivity contribution in [2.45, 2.75) is 0 Å². The van der Waals surface area contributed by atoms with Gasteiger partial charge in [0.15, 0.2) is 0 Å². The van der Waals surface area contributed by atoms with E-state index in [1.165, 1.54) is 0 Å². The Morgan fingerprint density at radius 3 is 2.56 bits per heavy atom. The van der Waals surface area contributed by atoms with E-state index >= 15 is 0 Å². The van der Waals surface area contributed by atoms with Crippen LogP contribution >= 0.6 is 0 Å². The molecular formula is C8H8N8O2. The monoisotopic (exact) mass is 248 g/mol. The highest BCUT2D eigenvalue weighted by Gasteiger charge is 2.22. The SMILES string of the molecule is N#CCN(CC#N)c1nc(NN)ncc1[N+](=O)[O-]. The molecule has 0 aliphatic carbocycles. The zero-order chi connectivity index (χ0) is 13.5. The van der Waals surface area contributed by atoms with Crippen molar-refractivity contribution < 1.29 is 4.92 Å². The number of nitrogens with two attached hydrogens (primary N) is 1. The number of hydrogen-bond donors (Lipinski definition) is 2. The number of nitrogens with one attached hydrogen (secondary N) is 1. The van der Waals surface area contributed by atoms with E-state index in [0.29, 0.717) is 0 Å². The Labute approximate surface area is 101 Å². The number of hydrazine groups is 1. The van der Waals surface area contributed by atoms with E-state index in [1.54, 1.807) is 12.1 Å². The van der Waals surface area contributed by atoms with Crippen LogP contribution in [-0.4, -0.2) is 28.0 Å². The third kappa shape index (κ3) is 2.78. The molecule has 1 heterocycles. The van der Waals surface area contributed by atoms with Gasteiger partial charge in [0, 0.05) is 0 Å². The zero-order valence-electron chi connectivity index (χ0n) is 9.07. The molecule has 0 unspecified atom stereocenters. The number of nitriles is 2. The van der Waals surface area contributed by atoms with Crippen LogP contribution < -0.4 is 16.2 Å². The molecule has 0 aliphatic heterocycles. The Morgan fingerprint density at radius 2 is 2.11 bits per heavy atom. The molecule has 0 amide bonds. The summed E-state index contributed by atoms with van der Waals surface area (Å²) in [6.07, 6.45) is 0.958. The third-order valence-electron chi connectivity index (χ3n) is 1.90. The van der Waals surface area contributed by atoms with E-state index in [4.69, 9.17) is 16.4 Å².